The third kappa shape index (κ3) is 3.44. The van der Waals surface area contributed by atoms with Gasteiger partial charge in [0.15, 0.2) is 0 Å². The van der Waals surface area contributed by atoms with Crippen LogP contribution in [0.5, 0.6) is 0 Å². The summed E-state index contributed by atoms with van der Waals surface area (Å²) < 4.78 is 0. The first-order valence-corrected chi connectivity index (χ1v) is 6.38. The van der Waals surface area contributed by atoms with Gasteiger partial charge >= 0.3 is 5.69 Å². The van der Waals surface area contributed by atoms with Crippen LogP contribution >= 0.6 is 0 Å². The highest BCUT2D eigenvalue weighted by atomic mass is 16.2. The molecule has 7 heteroatoms. The minimum absolute atomic E-state index is 0.0140. The number of hydrogen-bond acceptors (Lipinski definition) is 4. The summed E-state index contributed by atoms with van der Waals surface area (Å²) in [6, 6.07) is 7.30. The van der Waals surface area contributed by atoms with E-state index >= 15 is 0 Å². The lowest BCUT2D eigenvalue weighted by atomic mass is 9.87. The molecular weight excluding hydrogens is 272 g/mol. The van der Waals surface area contributed by atoms with E-state index in [1.807, 2.05) is 22.2 Å². The van der Waals surface area contributed by atoms with Crippen LogP contribution in [0.4, 0.5) is 5.69 Å². The standard InChI is InChI=1S/C14H16N4O3/c1-14(2,3)8-4-6-9(7-5-8)15-11(19)10-12(20)16-13(21)18-17-10/h4-7H,1-3H3,(H,15,19)(H2,16,18,20,21). The van der Waals surface area contributed by atoms with Crippen molar-refractivity contribution in [2.75, 3.05) is 5.32 Å². The summed E-state index contributed by atoms with van der Waals surface area (Å²) in [5, 5.41) is 8.01. The summed E-state index contributed by atoms with van der Waals surface area (Å²) in [4.78, 5) is 36.2. The fourth-order valence-electron chi connectivity index (χ4n) is 1.75. The Kier molecular flexibility index (Phi) is 3.75. The van der Waals surface area contributed by atoms with E-state index in [4.69, 9.17) is 0 Å². The molecule has 0 aliphatic heterocycles. The Balaban J connectivity index is 2.20. The van der Waals surface area contributed by atoms with Gasteiger partial charge in [-0.05, 0) is 23.1 Å². The van der Waals surface area contributed by atoms with Gasteiger partial charge in [0.05, 0.1) is 0 Å². The first kappa shape index (κ1) is 14.7. The number of nitrogens with one attached hydrogen (secondary N) is 3. The molecule has 2 aromatic rings. The van der Waals surface area contributed by atoms with Gasteiger partial charge in [-0.1, -0.05) is 32.9 Å². The second kappa shape index (κ2) is 5.35. The van der Waals surface area contributed by atoms with Gasteiger partial charge in [0.1, 0.15) is 0 Å². The molecule has 7 nitrogen and oxygen atoms in total. The number of amides is 1. The lowest BCUT2D eigenvalue weighted by molar-refractivity contribution is 0.101. The normalized spacial score (nSPS) is 11.2. The number of H-pyrrole nitrogens is 2. The number of nitrogens with zero attached hydrogens (tertiary/aromatic N) is 1. The van der Waals surface area contributed by atoms with Gasteiger partial charge in [-0.15, -0.1) is 0 Å². The van der Waals surface area contributed by atoms with E-state index in [1.165, 1.54) is 0 Å². The van der Waals surface area contributed by atoms with Crippen LogP contribution in [-0.4, -0.2) is 21.1 Å². The molecule has 1 aromatic heterocycles. The summed E-state index contributed by atoms with van der Waals surface area (Å²) in [6.07, 6.45) is 0. The number of benzene rings is 1. The molecule has 0 aliphatic carbocycles. The predicted molar refractivity (Wildman–Crippen MR) is 78.6 cm³/mol. The third-order valence-electron chi connectivity index (χ3n) is 2.94. The molecule has 21 heavy (non-hydrogen) atoms. The maximum absolute atomic E-state index is 11.9. The Labute approximate surface area is 120 Å². The summed E-state index contributed by atoms with van der Waals surface area (Å²) in [5.41, 5.74) is -0.302. The predicted octanol–water partition coefficient (Wildman–Crippen LogP) is 1.01. The van der Waals surface area contributed by atoms with Crippen molar-refractivity contribution < 1.29 is 4.79 Å². The molecule has 110 valence electrons. The van der Waals surface area contributed by atoms with Crippen LogP contribution in [0.3, 0.4) is 0 Å². The maximum Gasteiger partial charge on any atom is 0.342 e. The van der Waals surface area contributed by atoms with Gasteiger partial charge in [-0.3, -0.25) is 14.6 Å². The van der Waals surface area contributed by atoms with E-state index in [9.17, 15) is 14.4 Å². The fourth-order valence-corrected chi connectivity index (χ4v) is 1.75. The minimum Gasteiger partial charge on any atom is -0.320 e. The van der Waals surface area contributed by atoms with E-state index in [0.717, 1.165) is 5.56 Å². The highest BCUT2D eigenvalue weighted by Gasteiger charge is 2.15. The molecule has 0 spiro atoms. The van der Waals surface area contributed by atoms with Crippen molar-refractivity contribution in [2.24, 2.45) is 0 Å². The SMILES string of the molecule is CC(C)(C)c1ccc(NC(=O)c2n[nH]c(=O)[nH]c2=O)cc1. The zero-order valence-corrected chi connectivity index (χ0v) is 12.0. The van der Waals surface area contributed by atoms with Crippen molar-refractivity contribution >= 4 is 11.6 Å². The molecule has 3 N–H and O–H groups in total. The minimum atomic E-state index is -0.831. The summed E-state index contributed by atoms with van der Waals surface area (Å²) in [5.74, 6) is -0.684. The second-order valence-corrected chi connectivity index (χ2v) is 5.64. The summed E-state index contributed by atoms with van der Waals surface area (Å²) >= 11 is 0. The van der Waals surface area contributed by atoms with Crippen molar-refractivity contribution in [3.05, 3.63) is 56.4 Å². The molecule has 1 heterocycles. The summed E-state index contributed by atoms with van der Waals surface area (Å²) in [6.45, 7) is 6.26. The lowest BCUT2D eigenvalue weighted by Gasteiger charge is -2.19. The van der Waals surface area contributed by atoms with E-state index in [0.29, 0.717) is 5.69 Å². The van der Waals surface area contributed by atoms with Crippen molar-refractivity contribution in [3.63, 3.8) is 0 Å². The van der Waals surface area contributed by atoms with Crippen molar-refractivity contribution in [1.29, 1.82) is 0 Å². The van der Waals surface area contributed by atoms with E-state index in [1.54, 1.807) is 12.1 Å². The molecule has 1 aromatic carbocycles. The third-order valence-corrected chi connectivity index (χ3v) is 2.94. The van der Waals surface area contributed by atoms with Gasteiger partial charge in [0, 0.05) is 5.69 Å². The summed E-state index contributed by atoms with van der Waals surface area (Å²) in [7, 11) is 0. The molecular formula is C14H16N4O3. The molecule has 0 unspecified atom stereocenters. The first-order valence-electron chi connectivity index (χ1n) is 6.38. The van der Waals surface area contributed by atoms with Crippen LogP contribution in [0.1, 0.15) is 36.8 Å². The monoisotopic (exact) mass is 288 g/mol. The maximum atomic E-state index is 11.9. The van der Waals surface area contributed by atoms with Crippen LogP contribution in [0, 0.1) is 0 Å². The Hall–Kier alpha value is -2.70. The number of carbonyl (C=O) groups is 1. The van der Waals surface area contributed by atoms with Gasteiger partial charge < -0.3 is 5.32 Å². The number of rotatable bonds is 2. The Morgan fingerprint density at radius 1 is 1.14 bits per heavy atom. The average Bonchev–Trinajstić information content (AvgIpc) is 2.38. The lowest BCUT2D eigenvalue weighted by Crippen LogP contribution is -2.32. The first-order chi connectivity index (χ1) is 9.77. The van der Waals surface area contributed by atoms with Crippen LogP contribution in [-0.2, 0) is 5.41 Å². The van der Waals surface area contributed by atoms with Crippen LogP contribution in [0.25, 0.3) is 0 Å². The average molecular weight is 288 g/mol. The zero-order chi connectivity index (χ0) is 15.6. The molecule has 0 atom stereocenters. The fraction of sp³-hybridized carbons (Fsp3) is 0.286. The number of carbonyl (C=O) groups excluding carboxylic acids is 1. The highest BCUT2D eigenvalue weighted by molar-refractivity contribution is 6.02. The molecule has 0 fully saturated rings. The zero-order valence-electron chi connectivity index (χ0n) is 12.0. The molecule has 0 saturated carbocycles. The van der Waals surface area contributed by atoms with Gasteiger partial charge in [-0.25, -0.2) is 9.89 Å². The molecule has 1 amide bonds. The van der Waals surface area contributed by atoms with Crippen LogP contribution in [0.2, 0.25) is 0 Å². The van der Waals surface area contributed by atoms with E-state index in [2.05, 4.69) is 31.2 Å². The smallest absolute Gasteiger partial charge is 0.320 e. The molecule has 0 radical (unpaired) electrons. The Bertz CT molecular complexity index is 766. The highest BCUT2D eigenvalue weighted by Crippen LogP contribution is 2.23. The van der Waals surface area contributed by atoms with Crippen LogP contribution in [0.15, 0.2) is 33.9 Å². The van der Waals surface area contributed by atoms with Gasteiger partial charge in [0.25, 0.3) is 11.5 Å². The van der Waals surface area contributed by atoms with E-state index < -0.39 is 22.9 Å². The largest absolute Gasteiger partial charge is 0.342 e. The molecule has 2 rings (SSSR count). The quantitative estimate of drug-likeness (QED) is 0.766. The van der Waals surface area contributed by atoms with E-state index in [-0.39, 0.29) is 5.41 Å². The molecule has 0 aliphatic rings. The number of aromatic nitrogens is 3. The number of anilines is 1. The number of aromatic amines is 2. The molecule has 0 bridgehead atoms. The van der Waals surface area contributed by atoms with Gasteiger partial charge in [0.2, 0.25) is 5.69 Å². The van der Waals surface area contributed by atoms with Crippen molar-refractivity contribution in [2.45, 2.75) is 26.2 Å². The Morgan fingerprint density at radius 2 is 1.76 bits per heavy atom. The second-order valence-electron chi connectivity index (χ2n) is 5.64. The van der Waals surface area contributed by atoms with Crippen molar-refractivity contribution in [1.82, 2.24) is 15.2 Å². The Morgan fingerprint density at radius 3 is 2.29 bits per heavy atom. The topological polar surface area (TPSA) is 108 Å². The van der Waals surface area contributed by atoms with Crippen molar-refractivity contribution in [3.8, 4) is 0 Å². The van der Waals surface area contributed by atoms with Gasteiger partial charge in [-0.2, -0.15) is 5.10 Å². The van der Waals surface area contributed by atoms with Crippen LogP contribution < -0.4 is 16.6 Å². The molecule has 0 saturated heterocycles. The number of hydrogen-bond donors (Lipinski definition) is 3.